The minimum Gasteiger partial charge on any atom is -0.456 e. The Labute approximate surface area is 170 Å². The third-order valence-electron chi connectivity index (χ3n) is 4.69. The molecule has 0 bridgehead atoms. The normalized spacial score (nSPS) is 13.8. The van der Waals surface area contributed by atoms with Crippen LogP contribution in [0.3, 0.4) is 0 Å². The predicted molar refractivity (Wildman–Crippen MR) is 111 cm³/mol. The van der Waals surface area contributed by atoms with Crippen molar-refractivity contribution in [2.75, 3.05) is 13.2 Å². The van der Waals surface area contributed by atoms with Crippen molar-refractivity contribution in [1.82, 2.24) is 4.72 Å². The minimum atomic E-state index is -3.79. The van der Waals surface area contributed by atoms with Crippen molar-refractivity contribution >= 4 is 27.9 Å². The lowest BCUT2D eigenvalue weighted by Gasteiger charge is -2.16. The number of hydrogen-bond donors (Lipinski definition) is 1. The number of Topliss-reactive ketones (excluding diaryl/α,β-unsaturated/α-hetero) is 1. The number of benzene rings is 2. The Kier molecular flexibility index (Phi) is 6.95. The molecule has 1 N–H and O–H groups in total. The number of carbonyl (C=O) groups is 2. The third-order valence-corrected chi connectivity index (χ3v) is 5.73. The number of carbonyl (C=O) groups excluding carboxylic acids is 2. The van der Waals surface area contributed by atoms with Gasteiger partial charge in [0.15, 0.2) is 12.4 Å². The Morgan fingerprint density at radius 1 is 1.00 bits per heavy atom. The fourth-order valence-electron chi connectivity index (χ4n) is 3.13. The van der Waals surface area contributed by atoms with E-state index >= 15 is 0 Å². The van der Waals surface area contributed by atoms with E-state index < -0.39 is 29.1 Å². The molecule has 29 heavy (non-hydrogen) atoms. The van der Waals surface area contributed by atoms with Crippen molar-refractivity contribution in [3.63, 3.8) is 0 Å². The van der Waals surface area contributed by atoms with E-state index in [9.17, 15) is 18.0 Å². The van der Waals surface area contributed by atoms with Crippen LogP contribution in [0.4, 0.5) is 0 Å². The van der Waals surface area contributed by atoms with Crippen LogP contribution >= 0.6 is 0 Å². The number of ether oxygens (including phenoxy) is 1. The van der Waals surface area contributed by atoms with Gasteiger partial charge in [0.25, 0.3) is 0 Å². The molecule has 1 aliphatic carbocycles. The van der Waals surface area contributed by atoms with Gasteiger partial charge in [0.2, 0.25) is 10.0 Å². The van der Waals surface area contributed by atoms with E-state index in [2.05, 4.69) is 4.72 Å². The fourth-order valence-corrected chi connectivity index (χ4v) is 3.88. The van der Waals surface area contributed by atoms with Gasteiger partial charge >= 0.3 is 5.97 Å². The summed E-state index contributed by atoms with van der Waals surface area (Å²) in [7, 11) is -3.79. The number of nitrogens with one attached hydrogen (secondary N) is 1. The zero-order valence-electron chi connectivity index (χ0n) is 16.0. The lowest BCUT2D eigenvalue weighted by Crippen LogP contribution is -2.30. The molecule has 1 aliphatic rings. The van der Waals surface area contributed by atoms with Crippen LogP contribution in [0.15, 0.2) is 53.9 Å². The van der Waals surface area contributed by atoms with Crippen molar-refractivity contribution < 1.29 is 22.7 Å². The molecular formula is C22H23NO5S. The van der Waals surface area contributed by atoms with Crippen LogP contribution in [0.5, 0.6) is 0 Å². The van der Waals surface area contributed by atoms with Gasteiger partial charge in [0, 0.05) is 11.0 Å². The number of esters is 1. The minimum absolute atomic E-state index is 0.307. The molecular weight excluding hydrogens is 390 g/mol. The molecule has 0 aromatic heterocycles. The Bertz CT molecular complexity index is 1010. The number of rotatable bonds is 8. The van der Waals surface area contributed by atoms with Gasteiger partial charge in [-0.1, -0.05) is 42.5 Å². The van der Waals surface area contributed by atoms with E-state index in [0.29, 0.717) is 5.56 Å². The first kappa shape index (κ1) is 21.0. The zero-order chi connectivity index (χ0) is 20.7. The van der Waals surface area contributed by atoms with Crippen molar-refractivity contribution in [2.24, 2.45) is 0 Å². The van der Waals surface area contributed by atoms with Gasteiger partial charge < -0.3 is 4.74 Å². The summed E-state index contributed by atoms with van der Waals surface area (Å²) in [5.74, 6) is -1.12. The first-order chi connectivity index (χ1) is 13.9. The van der Waals surface area contributed by atoms with Gasteiger partial charge in [0.1, 0.15) is 6.54 Å². The molecule has 3 rings (SSSR count). The third kappa shape index (κ3) is 6.37. The lowest BCUT2D eigenvalue weighted by atomic mass is 9.90. The zero-order valence-corrected chi connectivity index (χ0v) is 16.8. The fraction of sp³-hybridized carbons (Fsp3) is 0.273. The molecule has 152 valence electrons. The summed E-state index contributed by atoms with van der Waals surface area (Å²) >= 11 is 0. The van der Waals surface area contributed by atoms with E-state index in [-0.39, 0.29) is 5.78 Å². The van der Waals surface area contributed by atoms with Gasteiger partial charge in [-0.2, -0.15) is 0 Å². The summed E-state index contributed by atoms with van der Waals surface area (Å²) in [5.41, 5.74) is 3.66. The van der Waals surface area contributed by atoms with Crippen LogP contribution in [0.25, 0.3) is 6.08 Å². The average Bonchev–Trinajstić information content (AvgIpc) is 2.75. The second-order valence-electron chi connectivity index (χ2n) is 6.85. The Hall–Kier alpha value is -2.77. The predicted octanol–water partition coefficient (Wildman–Crippen LogP) is 2.88. The maximum Gasteiger partial charge on any atom is 0.321 e. The van der Waals surface area contributed by atoms with Crippen LogP contribution in [-0.4, -0.2) is 33.3 Å². The quantitative estimate of drug-likeness (QED) is 0.531. The highest BCUT2D eigenvalue weighted by molar-refractivity contribution is 7.92. The van der Waals surface area contributed by atoms with E-state index in [1.54, 1.807) is 30.3 Å². The van der Waals surface area contributed by atoms with Gasteiger partial charge in [-0.15, -0.1) is 0 Å². The van der Waals surface area contributed by atoms with E-state index in [1.807, 2.05) is 18.2 Å². The van der Waals surface area contributed by atoms with Crippen molar-refractivity contribution in [3.8, 4) is 0 Å². The maximum atomic E-state index is 12.3. The lowest BCUT2D eigenvalue weighted by molar-refractivity contribution is -0.141. The highest BCUT2D eigenvalue weighted by Crippen LogP contribution is 2.22. The van der Waals surface area contributed by atoms with Crippen LogP contribution in [0, 0.1) is 0 Å². The van der Waals surface area contributed by atoms with Crippen molar-refractivity contribution in [2.45, 2.75) is 25.7 Å². The molecule has 0 unspecified atom stereocenters. The first-order valence-electron chi connectivity index (χ1n) is 9.46. The van der Waals surface area contributed by atoms with Gasteiger partial charge in [0.05, 0.1) is 0 Å². The maximum absolute atomic E-state index is 12.3. The standard InChI is InChI=1S/C22H23NO5S/c24-21(20-11-10-18-8-4-5-9-19(18)14-20)16-28-22(25)15-23-29(26,27)13-12-17-6-2-1-3-7-17/h1-3,6-7,10-14,23H,4-5,8-9,15-16H2/b13-12+. The molecule has 7 heteroatoms. The SMILES string of the molecule is O=C(CNS(=O)(=O)/C=C/c1ccccc1)OCC(=O)c1ccc2c(c1)CCCC2. The molecule has 6 nitrogen and oxygen atoms in total. The highest BCUT2D eigenvalue weighted by atomic mass is 32.2. The Morgan fingerprint density at radius 2 is 1.72 bits per heavy atom. The summed E-state index contributed by atoms with van der Waals surface area (Å²) in [4.78, 5) is 24.1. The van der Waals surface area contributed by atoms with Crippen LogP contribution < -0.4 is 4.72 Å². The summed E-state index contributed by atoms with van der Waals surface area (Å²) < 4.78 is 30.9. The van der Waals surface area contributed by atoms with Crippen LogP contribution in [0.1, 0.15) is 39.9 Å². The van der Waals surface area contributed by atoms with Crippen molar-refractivity contribution in [3.05, 3.63) is 76.2 Å². The molecule has 2 aromatic carbocycles. The molecule has 0 heterocycles. The first-order valence-corrected chi connectivity index (χ1v) is 11.0. The molecule has 0 saturated heterocycles. The number of ketones is 1. The molecule has 0 fully saturated rings. The largest absolute Gasteiger partial charge is 0.456 e. The molecule has 0 spiro atoms. The molecule has 0 amide bonds. The highest BCUT2D eigenvalue weighted by Gasteiger charge is 2.15. The van der Waals surface area contributed by atoms with Gasteiger partial charge in [-0.3, -0.25) is 9.59 Å². The van der Waals surface area contributed by atoms with E-state index in [4.69, 9.17) is 4.74 Å². The van der Waals surface area contributed by atoms with Crippen molar-refractivity contribution in [1.29, 1.82) is 0 Å². The molecule has 0 radical (unpaired) electrons. The molecule has 2 aromatic rings. The average molecular weight is 413 g/mol. The monoisotopic (exact) mass is 413 g/mol. The van der Waals surface area contributed by atoms with Crippen LogP contribution in [0.2, 0.25) is 0 Å². The van der Waals surface area contributed by atoms with E-state index in [0.717, 1.165) is 36.7 Å². The number of fused-ring (bicyclic) bond motifs is 1. The van der Waals surface area contributed by atoms with Crippen LogP contribution in [-0.2, 0) is 32.4 Å². The Morgan fingerprint density at radius 3 is 2.48 bits per heavy atom. The van der Waals surface area contributed by atoms with Gasteiger partial charge in [-0.05, 0) is 54.5 Å². The Balaban J connectivity index is 1.47. The summed E-state index contributed by atoms with van der Waals surface area (Å²) in [6.45, 7) is -0.960. The number of aryl methyl sites for hydroxylation is 2. The summed E-state index contributed by atoms with van der Waals surface area (Å²) in [5, 5.41) is 0.980. The number of sulfonamides is 1. The topological polar surface area (TPSA) is 89.5 Å². The molecule has 0 atom stereocenters. The second-order valence-corrected chi connectivity index (χ2v) is 8.50. The smallest absolute Gasteiger partial charge is 0.321 e. The second kappa shape index (κ2) is 9.62. The molecule has 0 saturated carbocycles. The van der Waals surface area contributed by atoms with Gasteiger partial charge in [-0.25, -0.2) is 13.1 Å². The van der Waals surface area contributed by atoms with E-state index in [1.165, 1.54) is 17.2 Å². The summed E-state index contributed by atoms with van der Waals surface area (Å²) in [6, 6.07) is 14.5. The number of hydrogen-bond acceptors (Lipinski definition) is 5. The summed E-state index contributed by atoms with van der Waals surface area (Å²) in [6.07, 6.45) is 5.67. The molecule has 0 aliphatic heterocycles.